The van der Waals surface area contributed by atoms with Gasteiger partial charge in [-0.1, -0.05) is 13.8 Å². The molecule has 0 radical (unpaired) electrons. The summed E-state index contributed by atoms with van der Waals surface area (Å²) < 4.78 is 5.61. The van der Waals surface area contributed by atoms with Crippen molar-refractivity contribution in [2.24, 2.45) is 11.7 Å². The number of anilines is 1. The molecule has 0 fully saturated rings. The maximum atomic E-state index is 5.78. The lowest BCUT2D eigenvalue weighted by atomic mass is 10.1. The maximum absolute atomic E-state index is 5.78. The third-order valence-electron chi connectivity index (χ3n) is 2.34. The zero-order chi connectivity index (χ0) is 12.1. The maximum Gasteiger partial charge on any atom is 0.159 e. The average Bonchev–Trinajstić information content (AvgIpc) is 2.25. The molecule has 5 nitrogen and oxygen atoms in total. The third kappa shape index (κ3) is 2.90. The first kappa shape index (κ1) is 12.9. The van der Waals surface area contributed by atoms with Crippen molar-refractivity contribution in [3.8, 4) is 0 Å². The molecular formula is C11H20N4O. The number of hydrogen-bond acceptors (Lipinski definition) is 5. The Kier molecular flexibility index (Phi) is 4.64. The Hall–Kier alpha value is -1.20. The van der Waals surface area contributed by atoms with Crippen molar-refractivity contribution in [1.29, 1.82) is 0 Å². The van der Waals surface area contributed by atoms with Crippen LogP contribution in [0.2, 0.25) is 0 Å². The van der Waals surface area contributed by atoms with E-state index >= 15 is 0 Å². The fourth-order valence-corrected chi connectivity index (χ4v) is 1.47. The van der Waals surface area contributed by atoms with Gasteiger partial charge in [0.1, 0.15) is 11.9 Å². The Balaban J connectivity index is 2.97. The van der Waals surface area contributed by atoms with E-state index in [0.717, 1.165) is 5.56 Å². The molecular weight excluding hydrogens is 204 g/mol. The highest BCUT2D eigenvalue weighted by atomic mass is 16.5. The molecule has 4 N–H and O–H groups in total. The topological polar surface area (TPSA) is 87.0 Å². The van der Waals surface area contributed by atoms with Crippen LogP contribution in [0.5, 0.6) is 0 Å². The zero-order valence-electron chi connectivity index (χ0n) is 10.1. The molecule has 0 saturated carbocycles. The van der Waals surface area contributed by atoms with E-state index in [2.05, 4.69) is 23.8 Å². The monoisotopic (exact) mass is 224 g/mol. The van der Waals surface area contributed by atoms with Crippen LogP contribution in [-0.4, -0.2) is 16.6 Å². The minimum Gasteiger partial charge on any atom is -0.383 e. The molecule has 0 aliphatic rings. The summed E-state index contributed by atoms with van der Waals surface area (Å²) in [4.78, 5) is 8.50. The number of hydrogen-bond donors (Lipinski definition) is 2. The second kappa shape index (κ2) is 5.77. The zero-order valence-corrected chi connectivity index (χ0v) is 10.1. The van der Waals surface area contributed by atoms with Gasteiger partial charge in [-0.3, -0.25) is 0 Å². The van der Waals surface area contributed by atoms with Crippen molar-refractivity contribution < 1.29 is 4.74 Å². The molecule has 90 valence electrons. The summed E-state index contributed by atoms with van der Waals surface area (Å²) in [6.45, 7) is 7.07. The first-order chi connectivity index (χ1) is 7.60. The molecule has 1 aromatic heterocycles. The number of rotatable bonds is 5. The SMILES string of the molecule is CCOC(c1ncc(CN)c(N)n1)C(C)C. The Labute approximate surface area is 96.2 Å². The Morgan fingerprint density at radius 2 is 2.12 bits per heavy atom. The van der Waals surface area contributed by atoms with Gasteiger partial charge >= 0.3 is 0 Å². The smallest absolute Gasteiger partial charge is 0.159 e. The van der Waals surface area contributed by atoms with Gasteiger partial charge in [-0.2, -0.15) is 0 Å². The first-order valence-electron chi connectivity index (χ1n) is 5.53. The second-order valence-electron chi connectivity index (χ2n) is 3.96. The molecule has 0 bridgehead atoms. The minimum atomic E-state index is -0.112. The number of nitrogens with two attached hydrogens (primary N) is 2. The molecule has 0 saturated heterocycles. The summed E-state index contributed by atoms with van der Waals surface area (Å²) in [5.41, 5.74) is 12.0. The Bertz CT molecular complexity index is 341. The van der Waals surface area contributed by atoms with Gasteiger partial charge in [-0.25, -0.2) is 9.97 Å². The van der Waals surface area contributed by atoms with Gasteiger partial charge in [-0.05, 0) is 12.8 Å². The van der Waals surface area contributed by atoms with Crippen molar-refractivity contribution in [2.75, 3.05) is 12.3 Å². The minimum absolute atomic E-state index is 0.112. The Morgan fingerprint density at radius 1 is 1.44 bits per heavy atom. The summed E-state index contributed by atoms with van der Waals surface area (Å²) in [5, 5.41) is 0. The Morgan fingerprint density at radius 3 is 2.56 bits per heavy atom. The molecule has 5 heteroatoms. The molecule has 1 atom stereocenters. The molecule has 0 aromatic carbocycles. The van der Waals surface area contributed by atoms with Crippen LogP contribution in [0.4, 0.5) is 5.82 Å². The summed E-state index contributed by atoms with van der Waals surface area (Å²) in [7, 11) is 0. The van der Waals surface area contributed by atoms with Crippen LogP contribution in [0.3, 0.4) is 0 Å². The van der Waals surface area contributed by atoms with Crippen molar-refractivity contribution in [3.63, 3.8) is 0 Å². The lowest BCUT2D eigenvalue weighted by molar-refractivity contribution is 0.0233. The molecule has 0 amide bonds. The average molecular weight is 224 g/mol. The first-order valence-corrected chi connectivity index (χ1v) is 5.53. The number of aromatic nitrogens is 2. The van der Waals surface area contributed by atoms with Crippen LogP contribution < -0.4 is 11.5 Å². The van der Waals surface area contributed by atoms with Crippen molar-refractivity contribution >= 4 is 5.82 Å². The highest BCUT2D eigenvalue weighted by Gasteiger charge is 2.19. The van der Waals surface area contributed by atoms with Gasteiger partial charge in [0.25, 0.3) is 0 Å². The summed E-state index contributed by atoms with van der Waals surface area (Å²) in [6, 6.07) is 0. The predicted molar refractivity (Wildman–Crippen MR) is 63.5 cm³/mol. The van der Waals surface area contributed by atoms with E-state index in [1.807, 2.05) is 6.92 Å². The lowest BCUT2D eigenvalue weighted by Crippen LogP contribution is -2.16. The van der Waals surface area contributed by atoms with Gasteiger partial charge < -0.3 is 16.2 Å². The van der Waals surface area contributed by atoms with Crippen LogP contribution in [0.1, 0.15) is 38.3 Å². The van der Waals surface area contributed by atoms with Crippen molar-refractivity contribution in [2.45, 2.75) is 33.4 Å². The van der Waals surface area contributed by atoms with E-state index in [4.69, 9.17) is 16.2 Å². The highest BCUT2D eigenvalue weighted by molar-refractivity contribution is 5.37. The van der Waals surface area contributed by atoms with Crippen molar-refractivity contribution in [3.05, 3.63) is 17.6 Å². The number of nitrogens with zero attached hydrogens (tertiary/aromatic N) is 2. The largest absolute Gasteiger partial charge is 0.383 e. The van der Waals surface area contributed by atoms with E-state index in [9.17, 15) is 0 Å². The summed E-state index contributed by atoms with van der Waals surface area (Å²) in [6.07, 6.45) is 1.56. The van der Waals surface area contributed by atoms with Gasteiger partial charge in [0.15, 0.2) is 5.82 Å². The molecule has 1 unspecified atom stereocenters. The molecule has 1 rings (SSSR count). The van der Waals surface area contributed by atoms with Crippen LogP contribution in [-0.2, 0) is 11.3 Å². The van der Waals surface area contributed by atoms with Gasteiger partial charge in [0, 0.05) is 24.9 Å². The standard InChI is InChI=1S/C11H20N4O/c1-4-16-9(7(2)3)11-14-6-8(5-12)10(13)15-11/h6-7,9H,4-5,12H2,1-3H3,(H2,13,14,15). The van der Waals surface area contributed by atoms with E-state index in [0.29, 0.717) is 30.7 Å². The fourth-order valence-electron chi connectivity index (χ4n) is 1.47. The van der Waals surface area contributed by atoms with Crippen LogP contribution >= 0.6 is 0 Å². The predicted octanol–water partition coefficient (Wildman–Crippen LogP) is 1.25. The normalized spacial score (nSPS) is 13.1. The molecule has 1 heterocycles. The van der Waals surface area contributed by atoms with Crippen molar-refractivity contribution in [1.82, 2.24) is 9.97 Å². The van der Waals surface area contributed by atoms with Gasteiger partial charge in [0.2, 0.25) is 0 Å². The van der Waals surface area contributed by atoms with E-state index in [-0.39, 0.29) is 6.10 Å². The van der Waals surface area contributed by atoms with Crippen LogP contribution in [0, 0.1) is 5.92 Å². The summed E-state index contributed by atoms with van der Waals surface area (Å²) >= 11 is 0. The third-order valence-corrected chi connectivity index (χ3v) is 2.34. The molecule has 1 aromatic rings. The quantitative estimate of drug-likeness (QED) is 0.786. The molecule has 0 spiro atoms. The molecule has 0 aliphatic heterocycles. The van der Waals surface area contributed by atoms with E-state index in [1.54, 1.807) is 6.20 Å². The van der Waals surface area contributed by atoms with Crippen LogP contribution in [0.15, 0.2) is 6.20 Å². The highest BCUT2D eigenvalue weighted by Crippen LogP contribution is 2.23. The molecule has 0 aliphatic carbocycles. The molecule has 16 heavy (non-hydrogen) atoms. The second-order valence-corrected chi connectivity index (χ2v) is 3.96. The fraction of sp³-hybridized carbons (Fsp3) is 0.636. The van der Waals surface area contributed by atoms with Gasteiger partial charge in [0.05, 0.1) is 0 Å². The number of nitrogen functional groups attached to an aromatic ring is 1. The van der Waals surface area contributed by atoms with E-state index < -0.39 is 0 Å². The van der Waals surface area contributed by atoms with Gasteiger partial charge in [-0.15, -0.1) is 0 Å². The number of ether oxygens (including phenoxy) is 1. The lowest BCUT2D eigenvalue weighted by Gasteiger charge is -2.19. The summed E-state index contributed by atoms with van der Waals surface area (Å²) in [5.74, 6) is 1.38. The van der Waals surface area contributed by atoms with E-state index in [1.165, 1.54) is 0 Å². The van der Waals surface area contributed by atoms with Crippen LogP contribution in [0.25, 0.3) is 0 Å².